The number of amides is 1. The third kappa shape index (κ3) is 3.37. The van der Waals surface area contributed by atoms with Gasteiger partial charge in [0.15, 0.2) is 0 Å². The fourth-order valence-electron chi connectivity index (χ4n) is 2.83. The molecule has 1 atom stereocenters. The number of rotatable bonds is 1. The number of nitrogens with zero attached hydrogens (tertiary/aromatic N) is 2. The summed E-state index contributed by atoms with van der Waals surface area (Å²) in [4.78, 5) is 31.7. The Hall–Kier alpha value is -2.79. The summed E-state index contributed by atoms with van der Waals surface area (Å²) in [6.45, 7) is 6.51. The van der Waals surface area contributed by atoms with Crippen LogP contribution in [0, 0.1) is 11.3 Å². The minimum atomic E-state index is -0.606. The topological polar surface area (TPSA) is 111 Å². The van der Waals surface area contributed by atoms with Gasteiger partial charge in [0, 0.05) is 23.8 Å². The van der Waals surface area contributed by atoms with Crippen LogP contribution >= 0.6 is 0 Å². The molecule has 8 heteroatoms. The minimum absolute atomic E-state index is 0.284. The molecular weight excluding hydrogens is 324 g/mol. The van der Waals surface area contributed by atoms with E-state index < -0.39 is 17.7 Å². The lowest BCUT2D eigenvalue weighted by atomic mass is 10.1. The van der Waals surface area contributed by atoms with Crippen molar-refractivity contribution in [2.75, 3.05) is 19.8 Å². The Bertz CT molecular complexity index is 900. The van der Waals surface area contributed by atoms with E-state index in [2.05, 4.69) is 16.0 Å². The number of H-pyrrole nitrogens is 2. The van der Waals surface area contributed by atoms with E-state index in [1.165, 1.54) is 6.20 Å². The van der Waals surface area contributed by atoms with Gasteiger partial charge in [-0.3, -0.25) is 9.69 Å². The number of aromatic amines is 2. The van der Waals surface area contributed by atoms with Crippen LogP contribution in [0.25, 0.3) is 10.9 Å². The zero-order valence-corrected chi connectivity index (χ0v) is 14.4. The molecular formula is C17H20N4O4. The Balaban J connectivity index is 2.00. The van der Waals surface area contributed by atoms with Gasteiger partial charge in [0.2, 0.25) is 0 Å². The zero-order valence-electron chi connectivity index (χ0n) is 14.4. The summed E-state index contributed by atoms with van der Waals surface area (Å²) < 4.78 is 11.0. The first-order valence-electron chi connectivity index (χ1n) is 8.02. The average Bonchev–Trinajstić information content (AvgIpc) is 3.00. The second-order valence-electron chi connectivity index (χ2n) is 6.92. The Morgan fingerprint density at radius 3 is 2.92 bits per heavy atom. The number of hydrogen-bond donors (Lipinski definition) is 2. The molecule has 1 fully saturated rings. The van der Waals surface area contributed by atoms with E-state index in [9.17, 15) is 14.9 Å². The molecule has 25 heavy (non-hydrogen) atoms. The molecule has 1 unspecified atom stereocenters. The highest BCUT2D eigenvalue weighted by molar-refractivity contribution is 5.85. The number of carbonyl (C=O) groups is 1. The molecule has 0 aliphatic carbocycles. The first-order chi connectivity index (χ1) is 11.8. The Kier molecular flexibility index (Phi) is 4.27. The van der Waals surface area contributed by atoms with Gasteiger partial charge in [0.25, 0.3) is 5.56 Å². The third-order valence-corrected chi connectivity index (χ3v) is 3.94. The second-order valence-corrected chi connectivity index (χ2v) is 6.92. The number of carbonyl (C=O) groups excluding carboxylic acids is 1. The molecule has 2 N–H and O–H groups in total. The number of ether oxygens (including phenoxy) is 2. The van der Waals surface area contributed by atoms with Gasteiger partial charge in [-0.05, 0) is 26.8 Å². The van der Waals surface area contributed by atoms with E-state index in [4.69, 9.17) is 9.47 Å². The summed E-state index contributed by atoms with van der Waals surface area (Å²) in [5, 5.41) is 9.74. The van der Waals surface area contributed by atoms with Crippen LogP contribution in [0.5, 0.6) is 0 Å². The lowest BCUT2D eigenvalue weighted by Crippen LogP contribution is -2.45. The van der Waals surface area contributed by atoms with Gasteiger partial charge < -0.3 is 19.4 Å². The minimum Gasteiger partial charge on any atom is -0.444 e. The number of aromatic nitrogens is 2. The van der Waals surface area contributed by atoms with Crippen molar-refractivity contribution in [2.24, 2.45) is 0 Å². The normalized spacial score (nSPS) is 18.2. The molecule has 0 spiro atoms. The molecule has 3 rings (SSSR count). The summed E-state index contributed by atoms with van der Waals surface area (Å²) >= 11 is 0. The van der Waals surface area contributed by atoms with Crippen LogP contribution in [-0.4, -0.2) is 46.3 Å². The van der Waals surface area contributed by atoms with Crippen LogP contribution < -0.4 is 5.56 Å². The van der Waals surface area contributed by atoms with Gasteiger partial charge in [0.05, 0.1) is 24.8 Å². The van der Waals surface area contributed by atoms with E-state index in [1.807, 2.05) is 20.8 Å². The van der Waals surface area contributed by atoms with Crippen LogP contribution in [0.2, 0.25) is 0 Å². The maximum Gasteiger partial charge on any atom is 0.411 e. The Morgan fingerprint density at radius 2 is 2.24 bits per heavy atom. The number of nitrogens with one attached hydrogen (secondary N) is 2. The molecule has 0 bridgehead atoms. The van der Waals surface area contributed by atoms with E-state index in [-0.39, 0.29) is 12.2 Å². The molecule has 2 aromatic rings. The van der Waals surface area contributed by atoms with Gasteiger partial charge >= 0.3 is 6.09 Å². The van der Waals surface area contributed by atoms with Crippen LogP contribution in [-0.2, 0) is 9.47 Å². The summed E-state index contributed by atoms with van der Waals surface area (Å²) in [6, 6.07) is 3.36. The molecule has 0 radical (unpaired) electrons. The van der Waals surface area contributed by atoms with Crippen LogP contribution in [0.4, 0.5) is 4.79 Å². The lowest BCUT2D eigenvalue weighted by molar-refractivity contribution is -0.0339. The molecule has 2 aromatic heterocycles. The van der Waals surface area contributed by atoms with Gasteiger partial charge in [0.1, 0.15) is 17.2 Å². The smallest absolute Gasteiger partial charge is 0.411 e. The van der Waals surface area contributed by atoms with Crippen molar-refractivity contribution in [2.45, 2.75) is 32.4 Å². The number of fused-ring (bicyclic) bond motifs is 1. The quantitative estimate of drug-likeness (QED) is 0.822. The van der Waals surface area contributed by atoms with Crippen molar-refractivity contribution in [3.05, 3.63) is 33.9 Å². The van der Waals surface area contributed by atoms with Gasteiger partial charge in [-0.15, -0.1) is 0 Å². The number of pyridine rings is 1. The average molecular weight is 344 g/mol. The number of morpholine rings is 1. The van der Waals surface area contributed by atoms with Gasteiger partial charge in [-0.1, -0.05) is 0 Å². The molecule has 3 heterocycles. The van der Waals surface area contributed by atoms with E-state index in [0.29, 0.717) is 35.3 Å². The fourth-order valence-corrected chi connectivity index (χ4v) is 2.83. The van der Waals surface area contributed by atoms with E-state index in [0.717, 1.165) is 0 Å². The monoisotopic (exact) mass is 344 g/mol. The summed E-state index contributed by atoms with van der Waals surface area (Å²) in [5.74, 6) is 0. The highest BCUT2D eigenvalue weighted by atomic mass is 16.6. The summed E-state index contributed by atoms with van der Waals surface area (Å²) in [5.41, 5.74) is 0.377. The first-order valence-corrected chi connectivity index (χ1v) is 8.02. The van der Waals surface area contributed by atoms with Crippen molar-refractivity contribution >= 4 is 17.0 Å². The van der Waals surface area contributed by atoms with E-state index >= 15 is 0 Å². The van der Waals surface area contributed by atoms with Gasteiger partial charge in [-0.2, -0.15) is 5.26 Å². The molecule has 1 amide bonds. The standard InChI is InChI=1S/C17H20N4O4/c1-17(2,3)25-16(23)21-4-5-24-9-13(21)12-6-11-10(7-18)8-19-15(22)14(11)20-12/h6,8,13,20H,4-5,9H2,1-3H3,(H,19,22). The van der Waals surface area contributed by atoms with Gasteiger partial charge in [-0.25, -0.2) is 4.79 Å². The first kappa shape index (κ1) is 17.0. The predicted octanol–water partition coefficient (Wildman–Crippen LogP) is 2.04. The van der Waals surface area contributed by atoms with E-state index in [1.54, 1.807) is 11.0 Å². The fraction of sp³-hybridized carbons (Fsp3) is 0.471. The highest BCUT2D eigenvalue weighted by Gasteiger charge is 2.33. The summed E-state index contributed by atoms with van der Waals surface area (Å²) in [7, 11) is 0. The predicted molar refractivity (Wildman–Crippen MR) is 90.1 cm³/mol. The maximum absolute atomic E-state index is 12.5. The van der Waals surface area contributed by atoms with Crippen molar-refractivity contribution in [1.82, 2.24) is 14.9 Å². The van der Waals surface area contributed by atoms with Crippen molar-refractivity contribution in [1.29, 1.82) is 5.26 Å². The molecule has 132 valence electrons. The third-order valence-electron chi connectivity index (χ3n) is 3.94. The van der Waals surface area contributed by atoms with Crippen molar-refractivity contribution in [3.8, 4) is 6.07 Å². The molecule has 1 saturated heterocycles. The largest absolute Gasteiger partial charge is 0.444 e. The zero-order chi connectivity index (χ0) is 18.2. The second kappa shape index (κ2) is 6.26. The molecule has 0 aromatic carbocycles. The van der Waals surface area contributed by atoms with Crippen LogP contribution in [0.3, 0.4) is 0 Å². The van der Waals surface area contributed by atoms with Crippen LogP contribution in [0.1, 0.15) is 38.1 Å². The Morgan fingerprint density at radius 1 is 1.48 bits per heavy atom. The van der Waals surface area contributed by atoms with Crippen molar-refractivity contribution < 1.29 is 14.3 Å². The number of hydrogen-bond acceptors (Lipinski definition) is 5. The van der Waals surface area contributed by atoms with Crippen molar-refractivity contribution in [3.63, 3.8) is 0 Å². The molecule has 0 saturated carbocycles. The molecule has 1 aliphatic heterocycles. The number of nitriles is 1. The molecule has 1 aliphatic rings. The SMILES string of the molecule is CC(C)(C)OC(=O)N1CCOCC1c1cc2c(C#N)c[nH]c(=O)c2[nH]1. The lowest BCUT2D eigenvalue weighted by Gasteiger charge is -2.36. The highest BCUT2D eigenvalue weighted by Crippen LogP contribution is 2.28. The summed E-state index contributed by atoms with van der Waals surface area (Å²) in [6.07, 6.45) is 0.944. The maximum atomic E-state index is 12.5. The Labute approximate surface area is 144 Å². The van der Waals surface area contributed by atoms with Crippen LogP contribution in [0.15, 0.2) is 17.1 Å². The molecule has 8 nitrogen and oxygen atoms in total.